The van der Waals surface area contributed by atoms with Crippen LogP contribution in [0.1, 0.15) is 25.8 Å². The van der Waals surface area contributed by atoms with E-state index >= 15 is 0 Å². The smallest absolute Gasteiger partial charge is 0.0700 e. The van der Waals surface area contributed by atoms with Crippen molar-refractivity contribution < 1.29 is 0 Å². The van der Waals surface area contributed by atoms with E-state index in [9.17, 15) is 0 Å². The third kappa shape index (κ3) is 2.56. The van der Waals surface area contributed by atoms with Crippen molar-refractivity contribution in [3.05, 3.63) is 34.9 Å². The van der Waals surface area contributed by atoms with Gasteiger partial charge in [0, 0.05) is 5.02 Å². The van der Waals surface area contributed by atoms with Gasteiger partial charge in [-0.05, 0) is 24.6 Å². The third-order valence-corrected chi connectivity index (χ3v) is 1.82. The monoisotopic (exact) mass is 181 g/mol. The first kappa shape index (κ1) is 11.0. The molecule has 1 rings (SSSR count). The van der Waals surface area contributed by atoms with Crippen molar-refractivity contribution in [1.29, 1.82) is 5.26 Å². The van der Waals surface area contributed by atoms with Crippen LogP contribution in [0.5, 0.6) is 0 Å². The van der Waals surface area contributed by atoms with Gasteiger partial charge in [-0.25, -0.2) is 0 Å². The highest BCUT2D eigenvalue weighted by Gasteiger charge is 2.01. The summed E-state index contributed by atoms with van der Waals surface area (Å²) >= 11 is 5.68. The van der Waals surface area contributed by atoms with Gasteiger partial charge in [-0.3, -0.25) is 0 Å². The molecule has 0 radical (unpaired) electrons. The van der Waals surface area contributed by atoms with Crippen molar-refractivity contribution in [3.8, 4) is 6.07 Å². The molecule has 0 amide bonds. The molecule has 1 aromatic carbocycles. The second kappa shape index (κ2) is 4.79. The first-order valence-electron chi connectivity index (χ1n) is 3.39. The molecule has 1 nitrogen and oxygen atoms in total. The highest BCUT2D eigenvalue weighted by molar-refractivity contribution is 6.30. The van der Waals surface area contributed by atoms with Crippen molar-refractivity contribution in [2.24, 2.45) is 0 Å². The van der Waals surface area contributed by atoms with Gasteiger partial charge in [-0.2, -0.15) is 5.26 Å². The summed E-state index contributed by atoms with van der Waals surface area (Å²) in [5.41, 5.74) is 1.01. The van der Waals surface area contributed by atoms with Crippen LogP contribution in [-0.4, -0.2) is 0 Å². The van der Waals surface area contributed by atoms with E-state index in [1.165, 1.54) is 0 Å². The molecule has 0 spiro atoms. The fourth-order valence-electron chi connectivity index (χ4n) is 0.826. The lowest BCUT2D eigenvalue weighted by Gasteiger charge is -2.00. The van der Waals surface area contributed by atoms with E-state index in [0.29, 0.717) is 5.02 Å². The van der Waals surface area contributed by atoms with Gasteiger partial charge in [0.05, 0.1) is 12.0 Å². The Balaban J connectivity index is 0.00000121. The van der Waals surface area contributed by atoms with Crippen molar-refractivity contribution in [2.75, 3.05) is 0 Å². The Labute approximate surface area is 78.6 Å². The molecule has 0 N–H and O–H groups in total. The Morgan fingerprint density at radius 2 is 1.83 bits per heavy atom. The molecule has 0 heterocycles. The molecule has 1 aromatic rings. The van der Waals surface area contributed by atoms with Crippen LogP contribution in [-0.2, 0) is 0 Å². The molecular weight excluding hydrogens is 170 g/mol. The van der Waals surface area contributed by atoms with Crippen molar-refractivity contribution in [1.82, 2.24) is 0 Å². The van der Waals surface area contributed by atoms with Gasteiger partial charge < -0.3 is 0 Å². The molecule has 0 fully saturated rings. The molecular formula is C10H12ClN. The molecule has 1 atom stereocenters. The molecule has 0 aliphatic heterocycles. The first-order chi connectivity index (χ1) is 5.24. The normalized spacial score (nSPS) is 11.1. The quantitative estimate of drug-likeness (QED) is 0.650. The van der Waals surface area contributed by atoms with Gasteiger partial charge >= 0.3 is 0 Å². The van der Waals surface area contributed by atoms with Gasteiger partial charge in [0.2, 0.25) is 0 Å². The van der Waals surface area contributed by atoms with Gasteiger partial charge in [0.25, 0.3) is 0 Å². The molecule has 1 unspecified atom stereocenters. The number of nitriles is 1. The summed E-state index contributed by atoms with van der Waals surface area (Å²) in [6.07, 6.45) is 0. The maximum Gasteiger partial charge on any atom is 0.0700 e. The number of hydrogen-bond acceptors (Lipinski definition) is 1. The van der Waals surface area contributed by atoms with Gasteiger partial charge in [0.15, 0.2) is 0 Å². The van der Waals surface area contributed by atoms with Gasteiger partial charge in [-0.1, -0.05) is 31.2 Å². The Hall–Kier alpha value is -1.00. The summed E-state index contributed by atoms with van der Waals surface area (Å²) in [7, 11) is 0. The minimum Gasteiger partial charge on any atom is -0.198 e. The first-order valence-corrected chi connectivity index (χ1v) is 3.77. The van der Waals surface area contributed by atoms with E-state index in [2.05, 4.69) is 6.07 Å². The number of nitrogens with zero attached hydrogens (tertiary/aromatic N) is 1. The van der Waals surface area contributed by atoms with E-state index in [1.807, 2.05) is 19.1 Å². The zero-order valence-electron chi connectivity index (χ0n) is 6.21. The summed E-state index contributed by atoms with van der Waals surface area (Å²) in [5.74, 6) is -0.0488. The van der Waals surface area contributed by atoms with Crippen LogP contribution in [0.4, 0.5) is 0 Å². The van der Waals surface area contributed by atoms with E-state index in [4.69, 9.17) is 16.9 Å². The summed E-state index contributed by atoms with van der Waals surface area (Å²) in [5, 5.41) is 9.28. The van der Waals surface area contributed by atoms with Crippen LogP contribution in [0.2, 0.25) is 5.02 Å². The zero-order valence-corrected chi connectivity index (χ0v) is 6.97. The second-order valence-corrected chi connectivity index (χ2v) is 2.84. The molecule has 0 saturated carbocycles. The van der Waals surface area contributed by atoms with E-state index in [-0.39, 0.29) is 13.3 Å². The maximum absolute atomic E-state index is 8.57. The van der Waals surface area contributed by atoms with E-state index in [1.54, 1.807) is 12.1 Å². The lowest BCUT2D eigenvalue weighted by atomic mass is 10.0. The topological polar surface area (TPSA) is 23.8 Å². The average molecular weight is 182 g/mol. The van der Waals surface area contributed by atoms with Gasteiger partial charge in [0.1, 0.15) is 0 Å². The SMILES string of the molecule is C.CC(C#N)c1ccc(Cl)cc1. The van der Waals surface area contributed by atoms with Crippen LogP contribution in [0, 0.1) is 11.3 Å². The third-order valence-electron chi connectivity index (χ3n) is 1.56. The highest BCUT2D eigenvalue weighted by Crippen LogP contribution is 2.16. The molecule has 0 aliphatic carbocycles. The minimum atomic E-state index is -0.0488. The predicted molar refractivity (Wildman–Crippen MR) is 52.2 cm³/mol. The summed E-state index contributed by atoms with van der Waals surface area (Å²) in [6, 6.07) is 9.49. The molecule has 0 saturated heterocycles. The lowest BCUT2D eigenvalue weighted by molar-refractivity contribution is 0.982. The van der Waals surface area contributed by atoms with Crippen LogP contribution in [0.25, 0.3) is 0 Å². The number of rotatable bonds is 1. The molecule has 0 bridgehead atoms. The summed E-state index contributed by atoms with van der Waals surface area (Å²) in [6.45, 7) is 1.86. The van der Waals surface area contributed by atoms with Gasteiger partial charge in [-0.15, -0.1) is 0 Å². The lowest BCUT2D eigenvalue weighted by Crippen LogP contribution is -1.87. The highest BCUT2D eigenvalue weighted by atomic mass is 35.5. The molecule has 64 valence electrons. The largest absolute Gasteiger partial charge is 0.198 e. The second-order valence-electron chi connectivity index (χ2n) is 2.40. The number of benzene rings is 1. The fraction of sp³-hybridized carbons (Fsp3) is 0.300. The fourth-order valence-corrected chi connectivity index (χ4v) is 0.952. The zero-order chi connectivity index (χ0) is 8.27. The van der Waals surface area contributed by atoms with Crippen LogP contribution in [0.15, 0.2) is 24.3 Å². The maximum atomic E-state index is 8.57. The Bertz CT molecular complexity index is 271. The van der Waals surface area contributed by atoms with Crippen LogP contribution < -0.4 is 0 Å². The summed E-state index contributed by atoms with van der Waals surface area (Å²) < 4.78 is 0. The van der Waals surface area contributed by atoms with Crippen LogP contribution >= 0.6 is 11.6 Å². The van der Waals surface area contributed by atoms with Crippen molar-refractivity contribution in [2.45, 2.75) is 20.3 Å². The van der Waals surface area contributed by atoms with Crippen LogP contribution in [0.3, 0.4) is 0 Å². The molecule has 0 aliphatic rings. The average Bonchev–Trinajstić information content (AvgIpc) is 2.05. The predicted octanol–water partition coefficient (Wildman–Crippen LogP) is 3.60. The molecule has 12 heavy (non-hydrogen) atoms. The van der Waals surface area contributed by atoms with Crippen molar-refractivity contribution >= 4 is 11.6 Å². The van der Waals surface area contributed by atoms with E-state index < -0.39 is 0 Å². The van der Waals surface area contributed by atoms with Crippen molar-refractivity contribution in [3.63, 3.8) is 0 Å². The number of halogens is 1. The standard InChI is InChI=1S/C9H8ClN.CH4/c1-7(6-11)8-2-4-9(10)5-3-8;/h2-5,7H,1H3;1H4. The number of hydrogen-bond donors (Lipinski definition) is 0. The molecule has 0 aromatic heterocycles. The Morgan fingerprint density at radius 3 is 2.25 bits per heavy atom. The Kier molecular flexibility index (Phi) is 4.39. The summed E-state index contributed by atoms with van der Waals surface area (Å²) in [4.78, 5) is 0. The molecule has 2 heteroatoms. The van der Waals surface area contributed by atoms with E-state index in [0.717, 1.165) is 5.56 Å². The minimum absolute atomic E-state index is 0. The Morgan fingerprint density at radius 1 is 1.33 bits per heavy atom.